The number of aromatic nitrogens is 1. The van der Waals surface area contributed by atoms with Crippen molar-refractivity contribution in [2.75, 3.05) is 5.73 Å². The van der Waals surface area contributed by atoms with Gasteiger partial charge in [-0.05, 0) is 33.8 Å². The van der Waals surface area contributed by atoms with Crippen molar-refractivity contribution in [3.8, 4) is 12.3 Å². The van der Waals surface area contributed by atoms with Crippen molar-refractivity contribution in [1.29, 1.82) is 0 Å². The summed E-state index contributed by atoms with van der Waals surface area (Å²) in [5.74, 6) is 2.91. The van der Waals surface area contributed by atoms with Gasteiger partial charge >= 0.3 is 7.12 Å². The number of nitrogens with two attached hydrogens (primary N) is 1. The number of hydrogen-bond acceptors (Lipinski definition) is 4. The van der Waals surface area contributed by atoms with Crippen LogP contribution in [0.5, 0.6) is 0 Å². The molecule has 2 N–H and O–H groups in total. The topological polar surface area (TPSA) is 57.4 Å². The zero-order chi connectivity index (χ0) is 13.6. The molecule has 0 aromatic carbocycles. The maximum atomic E-state index is 5.92. The van der Waals surface area contributed by atoms with Crippen LogP contribution in [0.2, 0.25) is 0 Å². The summed E-state index contributed by atoms with van der Waals surface area (Å²) in [6.45, 7) is 7.95. The summed E-state index contributed by atoms with van der Waals surface area (Å²) < 4.78 is 11.8. The first-order valence-corrected chi connectivity index (χ1v) is 5.84. The molecule has 18 heavy (non-hydrogen) atoms. The zero-order valence-electron chi connectivity index (χ0n) is 11.2. The van der Waals surface area contributed by atoms with Crippen molar-refractivity contribution < 1.29 is 9.31 Å². The highest BCUT2D eigenvalue weighted by atomic mass is 16.7. The maximum Gasteiger partial charge on any atom is 0.498 e. The van der Waals surface area contributed by atoms with Gasteiger partial charge in [0.1, 0.15) is 5.82 Å². The third kappa shape index (κ3) is 1.98. The molecule has 1 aromatic heterocycles. The van der Waals surface area contributed by atoms with Gasteiger partial charge in [-0.2, -0.15) is 0 Å². The number of terminal acetylenes is 1. The molecule has 0 radical (unpaired) electrons. The molecule has 1 aliphatic rings. The second-order valence-electron chi connectivity index (χ2n) is 5.43. The number of anilines is 1. The summed E-state index contributed by atoms with van der Waals surface area (Å²) in [7, 11) is -0.532. The molecule has 1 aromatic rings. The van der Waals surface area contributed by atoms with E-state index >= 15 is 0 Å². The summed E-state index contributed by atoms with van der Waals surface area (Å²) in [6.07, 6.45) is 6.92. The SMILES string of the molecule is C#Cc1cnc(N)c(B2OC(C)(C)C(C)(C)O2)c1. The highest BCUT2D eigenvalue weighted by Gasteiger charge is 2.52. The van der Waals surface area contributed by atoms with E-state index in [0.717, 1.165) is 0 Å². The second kappa shape index (κ2) is 4.01. The Morgan fingerprint density at radius 3 is 2.33 bits per heavy atom. The van der Waals surface area contributed by atoms with Crippen LogP contribution in [0.4, 0.5) is 5.82 Å². The second-order valence-corrected chi connectivity index (χ2v) is 5.43. The lowest BCUT2D eigenvalue weighted by atomic mass is 9.79. The third-order valence-corrected chi connectivity index (χ3v) is 3.62. The molecule has 0 saturated carbocycles. The molecule has 5 heteroatoms. The van der Waals surface area contributed by atoms with Crippen LogP contribution in [-0.4, -0.2) is 23.3 Å². The summed E-state index contributed by atoms with van der Waals surface area (Å²) in [6, 6.07) is 1.78. The molecule has 2 rings (SSSR count). The molecular formula is C13H17BN2O2. The number of hydrogen-bond donors (Lipinski definition) is 1. The average Bonchev–Trinajstić information content (AvgIpc) is 2.48. The molecule has 1 aliphatic heterocycles. The van der Waals surface area contributed by atoms with Gasteiger partial charge in [-0.3, -0.25) is 0 Å². The van der Waals surface area contributed by atoms with Gasteiger partial charge in [-0.15, -0.1) is 6.42 Å². The zero-order valence-corrected chi connectivity index (χ0v) is 11.2. The van der Waals surface area contributed by atoms with E-state index in [2.05, 4.69) is 10.9 Å². The molecule has 1 saturated heterocycles. The number of nitrogens with zero attached hydrogens (tertiary/aromatic N) is 1. The molecule has 4 nitrogen and oxygen atoms in total. The standard InChI is InChI=1S/C13H17BN2O2/c1-6-9-7-10(11(15)16-8-9)14-17-12(2,3)13(4,5)18-14/h1,7-8H,2-5H3,(H2,15,16). The fourth-order valence-corrected chi connectivity index (χ4v) is 1.73. The summed E-state index contributed by atoms with van der Waals surface area (Å²) in [5.41, 5.74) is 6.39. The first kappa shape index (κ1) is 12.9. The fraction of sp³-hybridized carbons (Fsp3) is 0.462. The smallest absolute Gasteiger partial charge is 0.399 e. The summed E-state index contributed by atoms with van der Waals surface area (Å²) >= 11 is 0. The van der Waals surface area contributed by atoms with Gasteiger partial charge in [0.15, 0.2) is 0 Å². The van der Waals surface area contributed by atoms with E-state index < -0.39 is 18.3 Å². The molecule has 0 amide bonds. The highest BCUT2D eigenvalue weighted by molar-refractivity contribution is 6.63. The van der Waals surface area contributed by atoms with E-state index in [1.807, 2.05) is 27.7 Å². The van der Waals surface area contributed by atoms with Crippen molar-refractivity contribution >= 4 is 18.4 Å². The largest absolute Gasteiger partial charge is 0.498 e. The van der Waals surface area contributed by atoms with Crippen LogP contribution in [0.25, 0.3) is 0 Å². The Balaban J connectivity index is 2.38. The lowest BCUT2D eigenvalue weighted by molar-refractivity contribution is 0.00578. The van der Waals surface area contributed by atoms with Crippen molar-refractivity contribution in [1.82, 2.24) is 4.98 Å². The molecule has 0 bridgehead atoms. The Morgan fingerprint density at radius 1 is 1.28 bits per heavy atom. The van der Waals surface area contributed by atoms with Gasteiger partial charge in [-0.25, -0.2) is 4.98 Å². The molecular weight excluding hydrogens is 227 g/mol. The first-order chi connectivity index (χ1) is 8.27. The van der Waals surface area contributed by atoms with Gasteiger partial charge in [0.25, 0.3) is 0 Å². The number of pyridine rings is 1. The predicted molar refractivity (Wildman–Crippen MR) is 72.3 cm³/mol. The fourth-order valence-electron chi connectivity index (χ4n) is 1.73. The Morgan fingerprint density at radius 2 is 1.83 bits per heavy atom. The molecule has 94 valence electrons. The lowest BCUT2D eigenvalue weighted by Crippen LogP contribution is -2.41. The molecule has 0 spiro atoms. The minimum atomic E-state index is -0.532. The van der Waals surface area contributed by atoms with Crippen molar-refractivity contribution in [2.45, 2.75) is 38.9 Å². The molecule has 0 aliphatic carbocycles. The van der Waals surface area contributed by atoms with Gasteiger partial charge in [-0.1, -0.05) is 5.92 Å². The Bertz CT molecular complexity index is 504. The Hall–Kier alpha value is -1.51. The lowest BCUT2D eigenvalue weighted by Gasteiger charge is -2.32. The monoisotopic (exact) mass is 244 g/mol. The normalized spacial score (nSPS) is 20.7. The van der Waals surface area contributed by atoms with Crippen LogP contribution in [0.3, 0.4) is 0 Å². The predicted octanol–water partition coefficient (Wildman–Crippen LogP) is 0.944. The van der Waals surface area contributed by atoms with E-state index in [4.69, 9.17) is 21.5 Å². The van der Waals surface area contributed by atoms with Gasteiger partial charge in [0.05, 0.1) is 11.2 Å². The Labute approximate surface area is 108 Å². The van der Waals surface area contributed by atoms with Crippen molar-refractivity contribution in [3.05, 3.63) is 17.8 Å². The van der Waals surface area contributed by atoms with Crippen LogP contribution in [0.1, 0.15) is 33.3 Å². The van der Waals surface area contributed by atoms with Crippen molar-refractivity contribution in [3.63, 3.8) is 0 Å². The first-order valence-electron chi connectivity index (χ1n) is 5.84. The third-order valence-electron chi connectivity index (χ3n) is 3.62. The summed E-state index contributed by atoms with van der Waals surface area (Å²) in [4.78, 5) is 4.07. The van der Waals surface area contributed by atoms with Crippen LogP contribution in [0.15, 0.2) is 12.3 Å². The van der Waals surface area contributed by atoms with E-state index in [-0.39, 0.29) is 0 Å². The summed E-state index contributed by atoms with van der Waals surface area (Å²) in [5, 5.41) is 0. The average molecular weight is 244 g/mol. The molecule has 2 heterocycles. The van der Waals surface area contributed by atoms with Crippen LogP contribution in [0, 0.1) is 12.3 Å². The minimum Gasteiger partial charge on any atom is -0.399 e. The van der Waals surface area contributed by atoms with Crippen LogP contribution >= 0.6 is 0 Å². The van der Waals surface area contributed by atoms with Crippen molar-refractivity contribution in [2.24, 2.45) is 0 Å². The van der Waals surface area contributed by atoms with Crippen LogP contribution in [-0.2, 0) is 9.31 Å². The Kier molecular flexibility index (Phi) is 2.88. The molecule has 1 fully saturated rings. The molecule has 0 atom stereocenters. The van der Waals surface area contributed by atoms with E-state index in [1.54, 1.807) is 12.3 Å². The number of nitrogen functional groups attached to an aromatic ring is 1. The maximum absolute atomic E-state index is 5.92. The minimum absolute atomic E-state index is 0.382. The quantitative estimate of drug-likeness (QED) is 0.590. The van der Waals surface area contributed by atoms with Gasteiger partial charge in [0, 0.05) is 17.2 Å². The highest BCUT2D eigenvalue weighted by Crippen LogP contribution is 2.36. The van der Waals surface area contributed by atoms with Crippen LogP contribution < -0.4 is 11.2 Å². The van der Waals surface area contributed by atoms with Gasteiger partial charge < -0.3 is 15.0 Å². The van der Waals surface area contributed by atoms with E-state index in [9.17, 15) is 0 Å². The molecule has 0 unspecified atom stereocenters. The van der Waals surface area contributed by atoms with Gasteiger partial charge in [0.2, 0.25) is 0 Å². The van der Waals surface area contributed by atoms with E-state index in [0.29, 0.717) is 16.8 Å². The van der Waals surface area contributed by atoms with E-state index in [1.165, 1.54) is 0 Å². The number of rotatable bonds is 1.